The summed E-state index contributed by atoms with van der Waals surface area (Å²) in [6.07, 6.45) is 18.0. The van der Waals surface area contributed by atoms with E-state index in [0.717, 1.165) is 55.5 Å². The number of hydrogen-bond acceptors (Lipinski definition) is 4. The van der Waals surface area contributed by atoms with Crippen LogP contribution >= 0.6 is 0 Å². The second-order valence-corrected chi connectivity index (χ2v) is 9.11. The van der Waals surface area contributed by atoms with Gasteiger partial charge in [0.1, 0.15) is 18.3 Å². The molecule has 0 saturated carbocycles. The average Bonchev–Trinajstić information content (AvgIpc) is 3.35. The zero-order chi connectivity index (χ0) is 25.2. The van der Waals surface area contributed by atoms with E-state index in [0.29, 0.717) is 18.5 Å². The Bertz CT molecular complexity index is 1170. The van der Waals surface area contributed by atoms with Gasteiger partial charge in [-0.1, -0.05) is 66.3 Å². The first-order valence-corrected chi connectivity index (χ1v) is 12.7. The second kappa shape index (κ2) is 12.8. The smallest absolute Gasteiger partial charge is 0.151 e. The van der Waals surface area contributed by atoms with E-state index in [9.17, 15) is 0 Å². The summed E-state index contributed by atoms with van der Waals surface area (Å²) in [4.78, 5) is 14.6. The Morgan fingerprint density at radius 2 is 2.03 bits per heavy atom. The molecule has 1 atom stereocenters. The Morgan fingerprint density at radius 3 is 2.78 bits per heavy atom. The zero-order valence-corrected chi connectivity index (χ0v) is 21.6. The average molecular weight is 484 g/mol. The normalized spacial score (nSPS) is 19.6. The van der Waals surface area contributed by atoms with Gasteiger partial charge in [-0.15, -0.1) is 0 Å². The molecule has 1 aliphatic heterocycles. The van der Waals surface area contributed by atoms with E-state index in [2.05, 4.69) is 93.8 Å². The minimum absolute atomic E-state index is 0.389. The molecule has 7 nitrogen and oxygen atoms in total. The number of H-pyrrole nitrogens is 1. The Balaban J connectivity index is 1.43. The van der Waals surface area contributed by atoms with Crippen LogP contribution in [0.3, 0.4) is 0 Å². The van der Waals surface area contributed by atoms with Gasteiger partial charge in [-0.25, -0.2) is 9.98 Å². The number of hydrogen-bond donors (Lipinski definition) is 2. The summed E-state index contributed by atoms with van der Waals surface area (Å²) in [5.74, 6) is 2.45. The van der Waals surface area contributed by atoms with Crippen LogP contribution in [0.15, 0.2) is 76.8 Å². The highest BCUT2D eigenvalue weighted by molar-refractivity contribution is 6.04. The lowest BCUT2D eigenvalue weighted by molar-refractivity contribution is 0.153. The Kier molecular flexibility index (Phi) is 9.05. The molecule has 2 N–H and O–H groups in total. The molecule has 7 heteroatoms. The molecule has 1 saturated heterocycles. The highest BCUT2D eigenvalue weighted by atomic mass is 15.3. The number of aromatic nitrogens is 2. The molecule has 36 heavy (non-hydrogen) atoms. The standard InChI is InChI=1S/C29H37N7/c1-4-9-26-21-29(34-33-26)31-22-30-28(15-14-25-11-8-10-23(2)20-25)32-24(3)35-16-18-36(19-17-35)27-12-6-5-7-13-27/h4-12,14-15,20-21,27H,13,16-19,22H2,1-3H3,(H2,31,33,34)/b9-4+,15-14+,30-28?,32-24?. The largest absolute Gasteiger partial charge is 0.358 e. The quantitative estimate of drug-likeness (QED) is 0.422. The molecule has 1 aromatic heterocycles. The van der Waals surface area contributed by atoms with E-state index >= 15 is 0 Å². The van der Waals surface area contributed by atoms with E-state index in [4.69, 9.17) is 9.98 Å². The lowest BCUT2D eigenvalue weighted by Gasteiger charge is -2.39. The number of rotatable bonds is 7. The number of aromatic amines is 1. The topological polar surface area (TPSA) is 71.9 Å². The highest BCUT2D eigenvalue weighted by Crippen LogP contribution is 2.15. The Labute approximate surface area is 214 Å². The SMILES string of the molecule is C/C=C/c1cc(NCN=C(/C=C/c2cccc(C)c2)N=C(C)N2CCN(C3C=CC=CC3)CC2)n[nH]1. The van der Waals surface area contributed by atoms with Gasteiger partial charge in [-0.05, 0) is 44.9 Å². The molecule has 2 aromatic rings. The number of nitrogens with one attached hydrogen (secondary N) is 2. The van der Waals surface area contributed by atoms with Crippen molar-refractivity contribution < 1.29 is 0 Å². The molecule has 1 fully saturated rings. The number of anilines is 1. The molecule has 0 bridgehead atoms. The maximum atomic E-state index is 4.92. The summed E-state index contributed by atoms with van der Waals surface area (Å²) in [5.41, 5.74) is 3.32. The van der Waals surface area contributed by atoms with Crippen molar-refractivity contribution in [3.05, 3.63) is 83.6 Å². The van der Waals surface area contributed by atoms with Gasteiger partial charge >= 0.3 is 0 Å². The van der Waals surface area contributed by atoms with Crippen LogP contribution in [0.1, 0.15) is 37.1 Å². The number of piperazine rings is 1. The molecule has 2 heterocycles. The van der Waals surface area contributed by atoms with Crippen LogP contribution in [-0.4, -0.2) is 70.6 Å². The predicted octanol–water partition coefficient (Wildman–Crippen LogP) is 5.15. The summed E-state index contributed by atoms with van der Waals surface area (Å²) in [6, 6.07) is 10.9. The predicted molar refractivity (Wildman–Crippen MR) is 152 cm³/mol. The number of amidine groups is 2. The van der Waals surface area contributed by atoms with Crippen LogP contribution < -0.4 is 5.32 Å². The van der Waals surface area contributed by atoms with E-state index in [1.807, 2.05) is 31.2 Å². The first-order valence-electron chi connectivity index (χ1n) is 12.7. The summed E-state index contributed by atoms with van der Waals surface area (Å²) < 4.78 is 0. The fourth-order valence-electron chi connectivity index (χ4n) is 4.42. The number of nitrogens with zero attached hydrogens (tertiary/aromatic N) is 5. The van der Waals surface area contributed by atoms with Gasteiger partial charge in [0.05, 0.1) is 5.69 Å². The Morgan fingerprint density at radius 1 is 1.17 bits per heavy atom. The third-order valence-electron chi connectivity index (χ3n) is 6.39. The molecule has 1 aliphatic carbocycles. The van der Waals surface area contributed by atoms with Gasteiger partial charge in [0.15, 0.2) is 5.84 Å². The molecule has 188 valence electrons. The molecule has 0 amide bonds. The van der Waals surface area contributed by atoms with Crippen molar-refractivity contribution in [1.82, 2.24) is 20.0 Å². The van der Waals surface area contributed by atoms with Crippen molar-refractivity contribution in [1.29, 1.82) is 0 Å². The number of allylic oxidation sites excluding steroid dienone is 3. The lowest BCUT2D eigenvalue weighted by atomic mass is 10.1. The molecular weight excluding hydrogens is 446 g/mol. The third kappa shape index (κ3) is 7.39. The summed E-state index contributed by atoms with van der Waals surface area (Å²) in [7, 11) is 0. The van der Waals surface area contributed by atoms with Crippen molar-refractivity contribution in [3.63, 3.8) is 0 Å². The van der Waals surface area contributed by atoms with Crippen molar-refractivity contribution in [2.45, 2.75) is 33.2 Å². The van der Waals surface area contributed by atoms with Gasteiger partial charge in [0.25, 0.3) is 0 Å². The minimum Gasteiger partial charge on any atom is -0.358 e. The fraction of sp³-hybridized carbons (Fsp3) is 0.345. The molecule has 0 radical (unpaired) electrons. The van der Waals surface area contributed by atoms with Crippen LogP contribution in [0, 0.1) is 6.92 Å². The van der Waals surface area contributed by atoms with Gasteiger partial charge in [0, 0.05) is 38.3 Å². The first kappa shape index (κ1) is 25.4. The number of aliphatic imine (C=N–C) groups is 2. The fourth-order valence-corrected chi connectivity index (χ4v) is 4.42. The molecular formula is C29H37N7. The number of aryl methyl sites for hydroxylation is 1. The second-order valence-electron chi connectivity index (χ2n) is 9.11. The molecule has 0 spiro atoms. The van der Waals surface area contributed by atoms with Crippen molar-refractivity contribution in [2.75, 3.05) is 38.2 Å². The van der Waals surface area contributed by atoms with Gasteiger partial charge < -0.3 is 10.2 Å². The van der Waals surface area contributed by atoms with Crippen LogP contribution in [-0.2, 0) is 0 Å². The summed E-state index contributed by atoms with van der Waals surface area (Å²) >= 11 is 0. The van der Waals surface area contributed by atoms with E-state index in [1.54, 1.807) is 0 Å². The maximum Gasteiger partial charge on any atom is 0.151 e. The third-order valence-corrected chi connectivity index (χ3v) is 6.39. The zero-order valence-electron chi connectivity index (χ0n) is 21.6. The Hall–Kier alpha value is -3.71. The van der Waals surface area contributed by atoms with Crippen LogP contribution in [0.2, 0.25) is 0 Å². The van der Waals surface area contributed by atoms with Crippen molar-refractivity contribution in [3.8, 4) is 0 Å². The summed E-state index contributed by atoms with van der Waals surface area (Å²) in [5, 5.41) is 10.5. The number of benzene rings is 1. The van der Waals surface area contributed by atoms with Gasteiger partial charge in [0.2, 0.25) is 0 Å². The van der Waals surface area contributed by atoms with Crippen molar-refractivity contribution in [2.24, 2.45) is 9.98 Å². The first-order chi connectivity index (χ1) is 17.6. The summed E-state index contributed by atoms with van der Waals surface area (Å²) in [6.45, 7) is 10.6. The van der Waals surface area contributed by atoms with Crippen LogP contribution in [0.25, 0.3) is 12.2 Å². The monoisotopic (exact) mass is 483 g/mol. The van der Waals surface area contributed by atoms with Gasteiger partial charge in [-0.3, -0.25) is 10.00 Å². The molecule has 1 aromatic carbocycles. The maximum absolute atomic E-state index is 4.92. The lowest BCUT2D eigenvalue weighted by Crippen LogP contribution is -2.51. The molecule has 2 aliphatic rings. The van der Waals surface area contributed by atoms with E-state index in [1.165, 1.54) is 5.56 Å². The van der Waals surface area contributed by atoms with Crippen LogP contribution in [0.4, 0.5) is 5.82 Å². The van der Waals surface area contributed by atoms with E-state index < -0.39 is 0 Å². The van der Waals surface area contributed by atoms with E-state index in [-0.39, 0.29) is 0 Å². The van der Waals surface area contributed by atoms with Crippen LogP contribution in [0.5, 0.6) is 0 Å². The van der Waals surface area contributed by atoms with Crippen molar-refractivity contribution >= 4 is 29.6 Å². The minimum atomic E-state index is 0.389. The molecule has 4 rings (SSSR count). The molecule has 1 unspecified atom stereocenters. The highest BCUT2D eigenvalue weighted by Gasteiger charge is 2.22. The van der Waals surface area contributed by atoms with Gasteiger partial charge in [-0.2, -0.15) is 5.10 Å².